The molecule has 0 amide bonds. The standard InChI is InChI=1S/C24H25NO2/c1-17(26)24(19-7-2-3-8-19)20-11-14-22(15-12-20)27-16-21-13-10-18-6-4-5-9-23(18)25-21/h4-6,9-15,19,24H,2-3,7-8,16H2,1H3/i1T. The van der Waals surface area contributed by atoms with Gasteiger partial charge in [-0.25, -0.2) is 4.98 Å². The van der Waals surface area contributed by atoms with E-state index in [1.165, 1.54) is 12.8 Å². The fourth-order valence-electron chi connectivity index (χ4n) is 4.13. The highest BCUT2D eigenvalue weighted by atomic mass is 16.5. The summed E-state index contributed by atoms with van der Waals surface area (Å²) in [6.45, 7) is 0.259. The molecule has 2 aromatic carbocycles. The SMILES string of the molecule is [3H]CC(=O)C(c1ccc(OCc2ccc3ccccc3n2)cc1)C1CCCC1. The van der Waals surface area contributed by atoms with Gasteiger partial charge in [0.25, 0.3) is 0 Å². The van der Waals surface area contributed by atoms with E-state index >= 15 is 0 Å². The van der Waals surface area contributed by atoms with E-state index in [0.29, 0.717) is 12.5 Å². The number of ketones is 1. The molecule has 1 aliphatic carbocycles. The molecule has 27 heavy (non-hydrogen) atoms. The Morgan fingerprint density at radius 3 is 2.67 bits per heavy atom. The first-order chi connectivity index (χ1) is 13.7. The molecule has 0 aliphatic heterocycles. The van der Waals surface area contributed by atoms with Crippen LogP contribution in [0.4, 0.5) is 0 Å². The third-order valence-electron chi connectivity index (χ3n) is 5.50. The van der Waals surface area contributed by atoms with Gasteiger partial charge in [-0.05, 0) is 55.5 Å². The van der Waals surface area contributed by atoms with Gasteiger partial charge < -0.3 is 4.74 Å². The summed E-state index contributed by atoms with van der Waals surface area (Å²) >= 11 is 0. The van der Waals surface area contributed by atoms with Gasteiger partial charge in [0.1, 0.15) is 18.1 Å². The highest BCUT2D eigenvalue weighted by molar-refractivity contribution is 5.83. The van der Waals surface area contributed by atoms with Crippen LogP contribution >= 0.6 is 0 Å². The molecule has 0 spiro atoms. The van der Waals surface area contributed by atoms with Gasteiger partial charge in [-0.3, -0.25) is 4.79 Å². The fourth-order valence-corrected chi connectivity index (χ4v) is 4.13. The Morgan fingerprint density at radius 2 is 1.89 bits per heavy atom. The summed E-state index contributed by atoms with van der Waals surface area (Å²) in [6.07, 6.45) is 4.55. The van der Waals surface area contributed by atoms with Crippen molar-refractivity contribution in [3.05, 3.63) is 71.9 Å². The number of aromatic nitrogens is 1. The van der Waals surface area contributed by atoms with Crippen LogP contribution in [0.25, 0.3) is 10.9 Å². The molecular formula is C24H25NO2. The number of pyridine rings is 1. The number of nitrogens with zero attached hydrogens (tertiary/aromatic N) is 1. The number of para-hydroxylation sites is 1. The zero-order valence-electron chi connectivity index (χ0n) is 16.4. The van der Waals surface area contributed by atoms with E-state index in [9.17, 15) is 4.79 Å². The monoisotopic (exact) mass is 361 g/mol. The van der Waals surface area contributed by atoms with Crippen LogP contribution < -0.4 is 4.74 Å². The molecule has 0 N–H and O–H groups in total. The van der Waals surface area contributed by atoms with E-state index in [1.807, 2.05) is 54.6 Å². The number of fused-ring (bicyclic) bond motifs is 1. The van der Waals surface area contributed by atoms with E-state index < -0.39 is 0 Å². The molecule has 3 heteroatoms. The Bertz CT molecular complexity index is 948. The molecule has 138 valence electrons. The number of benzene rings is 2. The second-order valence-corrected chi connectivity index (χ2v) is 7.34. The van der Waals surface area contributed by atoms with Gasteiger partial charge in [0.2, 0.25) is 0 Å². The molecule has 1 heterocycles. The number of carbonyl (C=O) groups is 1. The molecule has 0 bridgehead atoms. The maximum atomic E-state index is 12.4. The second kappa shape index (κ2) is 7.91. The third-order valence-corrected chi connectivity index (χ3v) is 5.50. The zero-order chi connectivity index (χ0) is 19.3. The van der Waals surface area contributed by atoms with Crippen LogP contribution in [0.3, 0.4) is 0 Å². The van der Waals surface area contributed by atoms with Crippen LogP contribution in [-0.4, -0.2) is 10.8 Å². The molecule has 1 atom stereocenters. The first kappa shape index (κ1) is 16.5. The van der Waals surface area contributed by atoms with Gasteiger partial charge >= 0.3 is 0 Å². The van der Waals surface area contributed by atoms with Crippen molar-refractivity contribution in [3.8, 4) is 5.75 Å². The van der Waals surface area contributed by atoms with Crippen molar-refractivity contribution in [1.29, 1.82) is 0 Å². The van der Waals surface area contributed by atoms with E-state index in [1.54, 1.807) is 0 Å². The highest BCUT2D eigenvalue weighted by Crippen LogP contribution is 2.38. The second-order valence-electron chi connectivity index (χ2n) is 7.34. The number of hydrogen-bond donors (Lipinski definition) is 0. The minimum atomic E-state index is -0.146. The largest absolute Gasteiger partial charge is 0.487 e. The van der Waals surface area contributed by atoms with Crippen LogP contribution in [0.1, 0.15) is 51.1 Å². The molecule has 1 aliphatic rings. The smallest absolute Gasteiger partial charge is 0.137 e. The van der Waals surface area contributed by atoms with Crippen molar-refractivity contribution in [2.45, 2.75) is 45.1 Å². The van der Waals surface area contributed by atoms with Gasteiger partial charge in [0, 0.05) is 12.7 Å². The molecule has 0 radical (unpaired) electrons. The summed E-state index contributed by atoms with van der Waals surface area (Å²) in [4.78, 5) is 17.0. The van der Waals surface area contributed by atoms with E-state index in [4.69, 9.17) is 6.11 Å². The Balaban J connectivity index is 1.45. The molecule has 3 nitrogen and oxygen atoms in total. The quantitative estimate of drug-likeness (QED) is 0.567. The first-order valence-corrected chi connectivity index (χ1v) is 9.64. The Morgan fingerprint density at radius 1 is 1.11 bits per heavy atom. The zero-order valence-corrected chi connectivity index (χ0v) is 15.4. The van der Waals surface area contributed by atoms with Crippen LogP contribution in [0.15, 0.2) is 60.7 Å². The highest BCUT2D eigenvalue weighted by Gasteiger charge is 2.29. The average Bonchev–Trinajstić information content (AvgIpc) is 3.27. The van der Waals surface area contributed by atoms with Crippen LogP contribution in [-0.2, 0) is 11.4 Å². The number of ether oxygens (including phenoxy) is 1. The molecule has 4 rings (SSSR count). The summed E-state index contributed by atoms with van der Waals surface area (Å²) in [6, 6.07) is 19.9. The normalized spacial score (nSPS) is 16.2. The third kappa shape index (κ3) is 4.02. The maximum absolute atomic E-state index is 12.4. The Labute approximate surface area is 161 Å². The summed E-state index contributed by atoms with van der Waals surface area (Å²) in [5.74, 6) is 1.03. The van der Waals surface area contributed by atoms with Crippen LogP contribution in [0, 0.1) is 5.92 Å². The van der Waals surface area contributed by atoms with Gasteiger partial charge in [-0.15, -0.1) is 0 Å². The maximum Gasteiger partial charge on any atom is 0.137 e. The lowest BCUT2D eigenvalue weighted by molar-refractivity contribution is -0.119. The van der Waals surface area contributed by atoms with Gasteiger partial charge in [0.15, 0.2) is 0 Å². The van der Waals surface area contributed by atoms with E-state index in [2.05, 4.69) is 11.1 Å². The molecular weight excluding hydrogens is 334 g/mol. The Kier molecular flexibility index (Phi) is 4.83. The number of rotatable bonds is 6. The van der Waals surface area contributed by atoms with Crippen molar-refractivity contribution in [2.24, 2.45) is 5.92 Å². The topological polar surface area (TPSA) is 39.2 Å². The van der Waals surface area contributed by atoms with Crippen LogP contribution in [0.5, 0.6) is 5.75 Å². The summed E-state index contributed by atoms with van der Waals surface area (Å²) in [5.41, 5.74) is 2.86. The molecule has 1 fully saturated rings. The van der Waals surface area contributed by atoms with Crippen molar-refractivity contribution in [2.75, 3.05) is 0 Å². The lowest BCUT2D eigenvalue weighted by Crippen LogP contribution is -2.17. The minimum absolute atomic E-state index is 0.0286. The lowest BCUT2D eigenvalue weighted by atomic mass is 9.82. The molecule has 0 saturated heterocycles. The summed E-state index contributed by atoms with van der Waals surface area (Å²) in [5, 5.41) is 1.12. The van der Waals surface area contributed by atoms with E-state index in [0.717, 1.165) is 40.8 Å². The molecule has 3 aromatic rings. The number of carbonyl (C=O) groups excluding carboxylic acids is 1. The van der Waals surface area contributed by atoms with Gasteiger partial charge in [-0.2, -0.15) is 0 Å². The molecule has 1 saturated carbocycles. The van der Waals surface area contributed by atoms with Crippen molar-refractivity contribution in [3.63, 3.8) is 0 Å². The Hall–Kier alpha value is -2.68. The lowest BCUT2D eigenvalue weighted by Gasteiger charge is -2.21. The fraction of sp³-hybridized carbons (Fsp3) is 0.333. The van der Waals surface area contributed by atoms with Gasteiger partial charge in [-0.1, -0.05) is 49.2 Å². The summed E-state index contributed by atoms with van der Waals surface area (Å²) < 4.78 is 13.4. The predicted octanol–water partition coefficient (Wildman–Crippen LogP) is 5.68. The summed E-state index contributed by atoms with van der Waals surface area (Å²) in [7, 11) is 0. The van der Waals surface area contributed by atoms with E-state index in [-0.39, 0.29) is 18.6 Å². The number of Topliss-reactive ketones (excluding diaryl/α,β-unsaturated/α-hetero) is 1. The van der Waals surface area contributed by atoms with Crippen molar-refractivity contribution >= 4 is 16.7 Å². The van der Waals surface area contributed by atoms with Crippen molar-refractivity contribution in [1.82, 2.24) is 4.98 Å². The predicted molar refractivity (Wildman–Crippen MR) is 108 cm³/mol. The average molecular weight is 361 g/mol. The van der Waals surface area contributed by atoms with Crippen LogP contribution in [0.2, 0.25) is 0 Å². The first-order valence-electron chi connectivity index (χ1n) is 10.3. The van der Waals surface area contributed by atoms with Gasteiger partial charge in [0.05, 0.1) is 11.2 Å². The minimum Gasteiger partial charge on any atom is -0.487 e. The molecule has 1 aromatic heterocycles. The van der Waals surface area contributed by atoms with Crippen molar-refractivity contribution < 1.29 is 10.9 Å². The molecule has 1 unspecified atom stereocenters. The number of hydrogen-bond acceptors (Lipinski definition) is 3.